The number of rotatable bonds is 2. The Hall–Kier alpha value is -1.32. The number of nitrogens with zero attached hydrogens (tertiary/aromatic N) is 3. The van der Waals surface area contributed by atoms with Gasteiger partial charge in [-0.05, 0) is 31.1 Å². The fourth-order valence-corrected chi connectivity index (χ4v) is 3.58. The Morgan fingerprint density at radius 2 is 2.11 bits per heavy atom. The van der Waals surface area contributed by atoms with E-state index in [-0.39, 0.29) is 0 Å². The molecule has 1 saturated heterocycles. The Morgan fingerprint density at radius 3 is 2.83 bits per heavy atom. The van der Waals surface area contributed by atoms with E-state index in [1.54, 1.807) is 0 Å². The van der Waals surface area contributed by atoms with Crippen molar-refractivity contribution in [3.8, 4) is 0 Å². The summed E-state index contributed by atoms with van der Waals surface area (Å²) < 4.78 is 0. The number of anilines is 2. The smallest absolute Gasteiger partial charge is 0.221 e. The zero-order valence-electron chi connectivity index (χ0n) is 11.2. The number of hydrogen-bond donors (Lipinski definition) is 1. The topological polar surface area (TPSA) is 55.0 Å². The van der Waals surface area contributed by atoms with Gasteiger partial charge in [0.05, 0.1) is 0 Å². The summed E-state index contributed by atoms with van der Waals surface area (Å²) in [6.07, 6.45) is 9.77. The average molecular weight is 246 g/mol. The lowest BCUT2D eigenvalue weighted by atomic mass is 9.86. The Bertz CT molecular complexity index is 437. The molecule has 0 unspecified atom stereocenters. The maximum atomic E-state index is 5.75. The number of aryl methyl sites for hydroxylation is 1. The predicted molar refractivity (Wildman–Crippen MR) is 73.6 cm³/mol. The first-order valence-corrected chi connectivity index (χ1v) is 7.09. The third kappa shape index (κ3) is 1.93. The van der Waals surface area contributed by atoms with E-state index in [0.29, 0.717) is 11.4 Å². The molecule has 98 valence electrons. The average Bonchev–Trinajstić information content (AvgIpc) is 3.00. The summed E-state index contributed by atoms with van der Waals surface area (Å²) in [7, 11) is 0. The van der Waals surface area contributed by atoms with Crippen LogP contribution in [0.3, 0.4) is 0 Å². The lowest BCUT2D eigenvalue weighted by molar-refractivity contribution is 0.340. The summed E-state index contributed by atoms with van der Waals surface area (Å²) in [6, 6.07) is 0. The van der Waals surface area contributed by atoms with Crippen LogP contribution in [-0.4, -0.2) is 23.1 Å². The van der Waals surface area contributed by atoms with Crippen LogP contribution in [0.15, 0.2) is 6.20 Å². The van der Waals surface area contributed by atoms with Gasteiger partial charge in [-0.1, -0.05) is 19.8 Å². The van der Waals surface area contributed by atoms with E-state index in [0.717, 1.165) is 25.3 Å². The van der Waals surface area contributed by atoms with Crippen LogP contribution in [0.2, 0.25) is 0 Å². The highest BCUT2D eigenvalue weighted by atomic mass is 15.2. The minimum Gasteiger partial charge on any atom is -0.368 e. The fourth-order valence-electron chi connectivity index (χ4n) is 3.58. The van der Waals surface area contributed by atoms with E-state index < -0.39 is 0 Å². The van der Waals surface area contributed by atoms with Crippen molar-refractivity contribution in [3.63, 3.8) is 0 Å². The first-order valence-electron chi connectivity index (χ1n) is 7.09. The maximum absolute atomic E-state index is 5.75. The first-order chi connectivity index (χ1) is 8.72. The second-order valence-electron chi connectivity index (χ2n) is 5.81. The zero-order valence-corrected chi connectivity index (χ0v) is 11.2. The molecule has 2 heterocycles. The Kier molecular flexibility index (Phi) is 2.88. The van der Waals surface area contributed by atoms with Crippen molar-refractivity contribution >= 4 is 11.8 Å². The Labute approximate surface area is 109 Å². The van der Waals surface area contributed by atoms with Crippen LogP contribution in [0, 0.1) is 5.41 Å². The molecule has 4 nitrogen and oxygen atoms in total. The number of aromatic nitrogens is 2. The number of nitrogens with two attached hydrogens (primary N) is 1. The highest BCUT2D eigenvalue weighted by Gasteiger charge is 2.40. The van der Waals surface area contributed by atoms with Crippen LogP contribution in [0.4, 0.5) is 11.8 Å². The number of hydrogen-bond acceptors (Lipinski definition) is 4. The third-order valence-corrected chi connectivity index (χ3v) is 4.64. The minimum atomic E-state index is 0.398. The molecule has 4 heteroatoms. The van der Waals surface area contributed by atoms with Crippen LogP contribution in [0.25, 0.3) is 0 Å². The molecule has 0 amide bonds. The molecule has 18 heavy (non-hydrogen) atoms. The van der Waals surface area contributed by atoms with Gasteiger partial charge in [0.15, 0.2) is 0 Å². The fraction of sp³-hybridized carbons (Fsp3) is 0.714. The molecule has 1 saturated carbocycles. The maximum Gasteiger partial charge on any atom is 0.221 e. The van der Waals surface area contributed by atoms with E-state index >= 15 is 0 Å². The van der Waals surface area contributed by atoms with Gasteiger partial charge in [-0.3, -0.25) is 0 Å². The second kappa shape index (κ2) is 4.41. The molecule has 2 aliphatic rings. The summed E-state index contributed by atoms with van der Waals surface area (Å²) >= 11 is 0. The summed E-state index contributed by atoms with van der Waals surface area (Å²) in [5, 5.41) is 0. The van der Waals surface area contributed by atoms with Gasteiger partial charge in [-0.2, -0.15) is 4.98 Å². The molecule has 2 fully saturated rings. The Balaban J connectivity index is 1.85. The highest BCUT2D eigenvalue weighted by molar-refractivity contribution is 5.50. The molecule has 1 aliphatic heterocycles. The van der Waals surface area contributed by atoms with Crippen molar-refractivity contribution < 1.29 is 0 Å². The molecule has 1 aromatic rings. The van der Waals surface area contributed by atoms with Crippen LogP contribution < -0.4 is 10.6 Å². The van der Waals surface area contributed by atoms with Crippen LogP contribution in [-0.2, 0) is 6.42 Å². The van der Waals surface area contributed by atoms with Crippen LogP contribution >= 0.6 is 0 Å². The molecular weight excluding hydrogens is 224 g/mol. The predicted octanol–water partition coefficient (Wildman–Crippen LogP) is 2.39. The summed E-state index contributed by atoms with van der Waals surface area (Å²) in [5.74, 6) is 1.48. The summed E-state index contributed by atoms with van der Waals surface area (Å²) in [4.78, 5) is 11.0. The van der Waals surface area contributed by atoms with Gasteiger partial charge in [0.1, 0.15) is 5.82 Å². The van der Waals surface area contributed by atoms with Crippen molar-refractivity contribution in [1.29, 1.82) is 0 Å². The molecular formula is C14H22N4. The number of nitrogen functional groups attached to an aromatic ring is 1. The molecule has 1 aliphatic carbocycles. The Morgan fingerprint density at radius 1 is 1.33 bits per heavy atom. The first kappa shape index (κ1) is 11.8. The third-order valence-electron chi connectivity index (χ3n) is 4.64. The second-order valence-corrected chi connectivity index (χ2v) is 5.81. The van der Waals surface area contributed by atoms with Crippen molar-refractivity contribution in [2.75, 3.05) is 23.7 Å². The zero-order chi connectivity index (χ0) is 12.6. The minimum absolute atomic E-state index is 0.398. The van der Waals surface area contributed by atoms with E-state index in [1.165, 1.54) is 37.7 Å². The van der Waals surface area contributed by atoms with Gasteiger partial charge in [-0.25, -0.2) is 4.98 Å². The standard InChI is InChI=1S/C14H22N4/c1-2-11-9-16-13(15)17-12(11)18-8-7-14(10-18)5-3-4-6-14/h9H,2-8,10H2,1H3,(H2,15,16,17). The van der Waals surface area contributed by atoms with Crippen LogP contribution in [0.5, 0.6) is 0 Å². The van der Waals surface area contributed by atoms with Crippen molar-refractivity contribution in [2.24, 2.45) is 5.41 Å². The molecule has 0 bridgehead atoms. The van der Waals surface area contributed by atoms with Gasteiger partial charge in [0, 0.05) is 24.8 Å². The quantitative estimate of drug-likeness (QED) is 0.870. The molecule has 0 atom stereocenters. The lowest BCUT2D eigenvalue weighted by Crippen LogP contribution is -2.26. The van der Waals surface area contributed by atoms with Gasteiger partial charge >= 0.3 is 0 Å². The molecule has 0 aromatic carbocycles. The van der Waals surface area contributed by atoms with Crippen molar-refractivity contribution in [1.82, 2.24) is 9.97 Å². The van der Waals surface area contributed by atoms with Gasteiger partial charge in [-0.15, -0.1) is 0 Å². The van der Waals surface area contributed by atoms with Gasteiger partial charge in [0.2, 0.25) is 5.95 Å². The van der Waals surface area contributed by atoms with Crippen molar-refractivity contribution in [3.05, 3.63) is 11.8 Å². The normalized spacial score (nSPS) is 21.9. The van der Waals surface area contributed by atoms with E-state index in [2.05, 4.69) is 21.8 Å². The monoisotopic (exact) mass is 246 g/mol. The van der Waals surface area contributed by atoms with E-state index in [1.807, 2.05) is 6.20 Å². The van der Waals surface area contributed by atoms with Gasteiger partial charge < -0.3 is 10.6 Å². The van der Waals surface area contributed by atoms with Gasteiger partial charge in [0.25, 0.3) is 0 Å². The van der Waals surface area contributed by atoms with E-state index in [4.69, 9.17) is 5.73 Å². The summed E-state index contributed by atoms with van der Waals surface area (Å²) in [6.45, 7) is 4.44. The molecule has 1 aromatic heterocycles. The SMILES string of the molecule is CCc1cnc(N)nc1N1CCC2(CCCC2)C1. The highest BCUT2D eigenvalue weighted by Crippen LogP contribution is 2.46. The van der Waals surface area contributed by atoms with Crippen LogP contribution in [0.1, 0.15) is 44.6 Å². The van der Waals surface area contributed by atoms with E-state index in [9.17, 15) is 0 Å². The largest absolute Gasteiger partial charge is 0.368 e. The molecule has 1 spiro atoms. The molecule has 0 radical (unpaired) electrons. The molecule has 3 rings (SSSR count). The molecule has 2 N–H and O–H groups in total. The lowest BCUT2D eigenvalue weighted by Gasteiger charge is -2.25. The summed E-state index contributed by atoms with van der Waals surface area (Å²) in [5.41, 5.74) is 7.54. The van der Waals surface area contributed by atoms with Crippen molar-refractivity contribution in [2.45, 2.75) is 45.4 Å².